The molecule has 0 atom stereocenters. The van der Waals surface area contributed by atoms with Crippen LogP contribution in [0.4, 0.5) is 8.78 Å². The molecule has 0 saturated carbocycles. The van der Waals surface area contributed by atoms with E-state index in [9.17, 15) is 8.78 Å². The molecule has 0 amide bonds. The van der Waals surface area contributed by atoms with E-state index in [0.717, 1.165) is 6.20 Å². The van der Waals surface area contributed by atoms with Crippen LogP contribution in [0.3, 0.4) is 0 Å². The number of nitrogens with zero attached hydrogens (tertiary/aromatic N) is 2. The highest BCUT2D eigenvalue weighted by Gasteiger charge is 2.06. The summed E-state index contributed by atoms with van der Waals surface area (Å²) < 4.78 is 26.0. The zero-order valence-electron chi connectivity index (χ0n) is 8.82. The summed E-state index contributed by atoms with van der Waals surface area (Å²) in [5.74, 6) is -0.842. The van der Waals surface area contributed by atoms with E-state index in [1.54, 1.807) is 12.1 Å². The lowest BCUT2D eigenvalue weighted by Gasteiger charge is -2.03. The van der Waals surface area contributed by atoms with Crippen molar-refractivity contribution in [3.63, 3.8) is 0 Å². The summed E-state index contributed by atoms with van der Waals surface area (Å²) in [6, 6.07) is 9.13. The molecule has 0 radical (unpaired) electrons. The molecule has 0 saturated heterocycles. The molecule has 0 spiro atoms. The second-order valence-corrected chi connectivity index (χ2v) is 3.50. The van der Waals surface area contributed by atoms with Gasteiger partial charge in [-0.15, -0.1) is 0 Å². The molecule has 0 aliphatic carbocycles. The molecule has 1 aromatic carbocycles. The van der Waals surface area contributed by atoms with E-state index in [-0.39, 0.29) is 12.2 Å². The van der Waals surface area contributed by atoms with E-state index in [0.29, 0.717) is 16.8 Å². The Bertz CT molecular complexity index is 571. The van der Waals surface area contributed by atoms with Gasteiger partial charge in [0.05, 0.1) is 24.4 Å². The Labute approximate surface area is 97.2 Å². The van der Waals surface area contributed by atoms with E-state index >= 15 is 0 Å². The number of rotatable bonds is 2. The average molecular weight is 230 g/mol. The van der Waals surface area contributed by atoms with Crippen LogP contribution in [-0.4, -0.2) is 4.98 Å². The Morgan fingerprint density at radius 2 is 1.88 bits per heavy atom. The van der Waals surface area contributed by atoms with Crippen LogP contribution >= 0.6 is 0 Å². The van der Waals surface area contributed by atoms with Gasteiger partial charge in [-0.2, -0.15) is 5.26 Å². The van der Waals surface area contributed by atoms with E-state index in [1.807, 2.05) is 6.07 Å². The second kappa shape index (κ2) is 4.71. The van der Waals surface area contributed by atoms with Gasteiger partial charge >= 0.3 is 0 Å². The van der Waals surface area contributed by atoms with Gasteiger partial charge in [-0.25, -0.2) is 8.78 Å². The molecule has 2 nitrogen and oxygen atoms in total. The van der Waals surface area contributed by atoms with Crippen LogP contribution in [-0.2, 0) is 6.42 Å². The predicted octanol–water partition coefficient (Wildman–Crippen LogP) is 3.09. The van der Waals surface area contributed by atoms with Crippen molar-refractivity contribution in [3.05, 3.63) is 53.7 Å². The normalized spacial score (nSPS) is 9.94. The van der Waals surface area contributed by atoms with E-state index < -0.39 is 5.82 Å². The van der Waals surface area contributed by atoms with Gasteiger partial charge in [0.2, 0.25) is 0 Å². The summed E-state index contributed by atoms with van der Waals surface area (Å²) in [5.41, 5.74) is 1.50. The quantitative estimate of drug-likeness (QED) is 0.794. The van der Waals surface area contributed by atoms with Gasteiger partial charge in [-0.1, -0.05) is 0 Å². The molecule has 1 heterocycles. The van der Waals surface area contributed by atoms with Crippen molar-refractivity contribution in [3.8, 4) is 17.3 Å². The van der Waals surface area contributed by atoms with E-state index in [2.05, 4.69) is 4.98 Å². The molecule has 0 unspecified atom stereocenters. The van der Waals surface area contributed by atoms with Crippen molar-refractivity contribution in [2.75, 3.05) is 0 Å². The molecule has 4 heteroatoms. The molecule has 0 N–H and O–H groups in total. The lowest BCUT2D eigenvalue weighted by molar-refractivity contribution is 0.609. The number of benzene rings is 1. The number of hydrogen-bond donors (Lipinski definition) is 0. The number of hydrogen-bond acceptors (Lipinski definition) is 2. The van der Waals surface area contributed by atoms with Crippen molar-refractivity contribution in [2.45, 2.75) is 6.42 Å². The summed E-state index contributed by atoms with van der Waals surface area (Å²) in [5, 5.41) is 8.56. The standard InChI is InChI=1S/C13H8F2N2/c14-11-3-1-9(2-4-11)13-7-10(5-6-16)12(15)8-17-13/h1-4,7-8H,5H2. The minimum Gasteiger partial charge on any atom is -0.253 e. The number of pyridine rings is 1. The molecule has 17 heavy (non-hydrogen) atoms. The number of nitriles is 1. The first-order valence-corrected chi connectivity index (χ1v) is 4.98. The summed E-state index contributed by atoms with van der Waals surface area (Å²) in [4.78, 5) is 3.91. The summed E-state index contributed by atoms with van der Waals surface area (Å²) in [6.07, 6.45) is 1.06. The highest BCUT2D eigenvalue weighted by molar-refractivity contribution is 5.59. The topological polar surface area (TPSA) is 36.7 Å². The van der Waals surface area contributed by atoms with Gasteiger partial charge in [-0.05, 0) is 30.3 Å². The highest BCUT2D eigenvalue weighted by Crippen LogP contribution is 2.20. The molecular weight excluding hydrogens is 222 g/mol. The van der Waals surface area contributed by atoms with Gasteiger partial charge in [0.15, 0.2) is 0 Å². The Morgan fingerprint density at radius 3 is 2.53 bits per heavy atom. The molecule has 84 valence electrons. The third kappa shape index (κ3) is 2.45. The zero-order valence-corrected chi connectivity index (χ0v) is 8.82. The zero-order chi connectivity index (χ0) is 12.3. The van der Waals surface area contributed by atoms with Crippen molar-refractivity contribution >= 4 is 0 Å². The third-order valence-corrected chi connectivity index (χ3v) is 2.34. The SMILES string of the molecule is N#CCc1cc(-c2ccc(F)cc2)ncc1F. The molecule has 1 aromatic heterocycles. The van der Waals surface area contributed by atoms with E-state index in [1.165, 1.54) is 18.2 Å². The minimum absolute atomic E-state index is 0.0114. The second-order valence-electron chi connectivity index (χ2n) is 3.50. The van der Waals surface area contributed by atoms with Crippen LogP contribution in [0, 0.1) is 23.0 Å². The van der Waals surface area contributed by atoms with Crippen LogP contribution in [0.15, 0.2) is 36.5 Å². The highest BCUT2D eigenvalue weighted by atomic mass is 19.1. The van der Waals surface area contributed by atoms with Crippen LogP contribution in [0.1, 0.15) is 5.56 Å². The first-order valence-electron chi connectivity index (χ1n) is 4.98. The van der Waals surface area contributed by atoms with Gasteiger partial charge in [0.1, 0.15) is 11.6 Å². The van der Waals surface area contributed by atoms with Crippen LogP contribution < -0.4 is 0 Å². The van der Waals surface area contributed by atoms with Crippen LogP contribution in [0.5, 0.6) is 0 Å². The molecule has 0 aliphatic heterocycles. The molecule has 0 fully saturated rings. The fraction of sp³-hybridized carbons (Fsp3) is 0.0769. The summed E-state index contributed by atoms with van der Waals surface area (Å²) in [6.45, 7) is 0. The van der Waals surface area contributed by atoms with Crippen molar-refractivity contribution in [1.29, 1.82) is 5.26 Å². The van der Waals surface area contributed by atoms with Gasteiger partial charge in [0.25, 0.3) is 0 Å². The number of aromatic nitrogens is 1. The Morgan fingerprint density at radius 1 is 1.18 bits per heavy atom. The molecule has 2 aromatic rings. The summed E-state index contributed by atoms with van der Waals surface area (Å²) in [7, 11) is 0. The number of halogens is 2. The van der Waals surface area contributed by atoms with Crippen molar-refractivity contribution in [1.82, 2.24) is 4.98 Å². The van der Waals surface area contributed by atoms with Gasteiger partial charge in [-0.3, -0.25) is 4.98 Å². The fourth-order valence-corrected chi connectivity index (χ4v) is 1.48. The predicted molar refractivity (Wildman–Crippen MR) is 58.9 cm³/mol. The maximum Gasteiger partial charge on any atom is 0.145 e. The lowest BCUT2D eigenvalue weighted by Crippen LogP contribution is -1.93. The average Bonchev–Trinajstić information content (AvgIpc) is 2.33. The minimum atomic E-state index is -0.502. The lowest BCUT2D eigenvalue weighted by atomic mass is 10.1. The fourth-order valence-electron chi connectivity index (χ4n) is 1.48. The molecule has 0 aliphatic rings. The Hall–Kier alpha value is -2.28. The van der Waals surface area contributed by atoms with E-state index in [4.69, 9.17) is 5.26 Å². The van der Waals surface area contributed by atoms with Gasteiger partial charge in [0, 0.05) is 11.1 Å². The maximum atomic E-state index is 13.3. The maximum absolute atomic E-state index is 13.3. The smallest absolute Gasteiger partial charge is 0.145 e. The Balaban J connectivity index is 2.43. The first kappa shape index (κ1) is 11.2. The largest absolute Gasteiger partial charge is 0.253 e. The van der Waals surface area contributed by atoms with Crippen LogP contribution in [0.2, 0.25) is 0 Å². The third-order valence-electron chi connectivity index (χ3n) is 2.34. The van der Waals surface area contributed by atoms with Crippen LogP contribution in [0.25, 0.3) is 11.3 Å². The molecule has 0 bridgehead atoms. The van der Waals surface area contributed by atoms with Crippen molar-refractivity contribution < 1.29 is 8.78 Å². The molecular formula is C13H8F2N2. The van der Waals surface area contributed by atoms with Crippen molar-refractivity contribution in [2.24, 2.45) is 0 Å². The summed E-state index contributed by atoms with van der Waals surface area (Å²) >= 11 is 0. The monoisotopic (exact) mass is 230 g/mol. The molecule has 2 rings (SSSR count). The Kier molecular flexibility index (Phi) is 3.10. The first-order chi connectivity index (χ1) is 8.20. The van der Waals surface area contributed by atoms with Gasteiger partial charge < -0.3 is 0 Å².